The standard InChI is InChI=1S/C10H11ClN2O3/c1-6(2)12-10(14)8-5-7(11)3-4-9(8)13(15)16/h3-6H,1-2H3,(H,12,14). The molecule has 1 aromatic carbocycles. The van der Waals surface area contributed by atoms with Crippen LogP contribution < -0.4 is 5.32 Å². The molecule has 86 valence electrons. The zero-order valence-electron chi connectivity index (χ0n) is 8.86. The fraction of sp³-hybridized carbons (Fsp3) is 0.300. The molecule has 6 heteroatoms. The zero-order chi connectivity index (χ0) is 12.3. The summed E-state index contributed by atoms with van der Waals surface area (Å²) in [4.78, 5) is 21.8. The minimum absolute atomic E-state index is 0.0220. The lowest BCUT2D eigenvalue weighted by atomic mass is 10.1. The van der Waals surface area contributed by atoms with E-state index in [4.69, 9.17) is 11.6 Å². The lowest BCUT2D eigenvalue weighted by Crippen LogP contribution is -2.30. The summed E-state index contributed by atoms with van der Waals surface area (Å²) in [5.41, 5.74) is -0.270. The summed E-state index contributed by atoms with van der Waals surface area (Å²) < 4.78 is 0. The highest BCUT2D eigenvalue weighted by Gasteiger charge is 2.20. The van der Waals surface area contributed by atoms with Crippen molar-refractivity contribution in [3.05, 3.63) is 38.9 Å². The van der Waals surface area contributed by atoms with Crippen molar-refractivity contribution in [1.82, 2.24) is 5.32 Å². The molecule has 1 aromatic rings. The summed E-state index contributed by atoms with van der Waals surface area (Å²) in [7, 11) is 0. The first-order valence-electron chi connectivity index (χ1n) is 4.66. The van der Waals surface area contributed by atoms with Gasteiger partial charge >= 0.3 is 0 Å². The Bertz CT molecular complexity index is 432. The van der Waals surface area contributed by atoms with Gasteiger partial charge in [-0.15, -0.1) is 0 Å². The van der Waals surface area contributed by atoms with Gasteiger partial charge in [0.15, 0.2) is 0 Å². The van der Waals surface area contributed by atoms with Gasteiger partial charge in [0.25, 0.3) is 11.6 Å². The molecule has 0 fully saturated rings. The van der Waals surface area contributed by atoms with Crippen LogP contribution in [0.25, 0.3) is 0 Å². The van der Waals surface area contributed by atoms with Crippen LogP contribution in [0.4, 0.5) is 5.69 Å². The Morgan fingerprint density at radius 2 is 2.12 bits per heavy atom. The minimum atomic E-state index is -0.606. The van der Waals surface area contributed by atoms with Crippen LogP contribution in [-0.4, -0.2) is 16.9 Å². The third kappa shape index (κ3) is 2.93. The van der Waals surface area contributed by atoms with Gasteiger partial charge in [-0.3, -0.25) is 14.9 Å². The molecule has 0 atom stereocenters. The van der Waals surface area contributed by atoms with Gasteiger partial charge < -0.3 is 5.32 Å². The number of amides is 1. The zero-order valence-corrected chi connectivity index (χ0v) is 9.62. The van der Waals surface area contributed by atoms with E-state index in [-0.39, 0.29) is 17.3 Å². The summed E-state index contributed by atoms with van der Waals surface area (Å²) in [5, 5.41) is 13.6. The maximum Gasteiger partial charge on any atom is 0.282 e. The highest BCUT2D eigenvalue weighted by Crippen LogP contribution is 2.22. The Balaban J connectivity index is 3.14. The van der Waals surface area contributed by atoms with Crippen LogP contribution in [0.2, 0.25) is 5.02 Å². The second-order valence-electron chi connectivity index (χ2n) is 3.55. The largest absolute Gasteiger partial charge is 0.350 e. The summed E-state index contributed by atoms with van der Waals surface area (Å²) in [6.45, 7) is 3.54. The number of hydrogen-bond acceptors (Lipinski definition) is 3. The van der Waals surface area contributed by atoms with Crippen molar-refractivity contribution in [3.63, 3.8) is 0 Å². The quantitative estimate of drug-likeness (QED) is 0.653. The van der Waals surface area contributed by atoms with E-state index >= 15 is 0 Å². The molecule has 1 N–H and O–H groups in total. The molecule has 0 radical (unpaired) electrons. The molecule has 0 aromatic heterocycles. The van der Waals surface area contributed by atoms with Crippen LogP contribution in [0.5, 0.6) is 0 Å². The first kappa shape index (κ1) is 12.4. The topological polar surface area (TPSA) is 72.2 Å². The normalized spacial score (nSPS) is 10.2. The lowest BCUT2D eigenvalue weighted by molar-refractivity contribution is -0.385. The first-order valence-corrected chi connectivity index (χ1v) is 5.04. The van der Waals surface area contributed by atoms with Gasteiger partial charge in [-0.05, 0) is 26.0 Å². The molecule has 0 bridgehead atoms. The van der Waals surface area contributed by atoms with Crippen molar-refractivity contribution >= 4 is 23.2 Å². The van der Waals surface area contributed by atoms with Crippen LogP contribution >= 0.6 is 11.6 Å². The fourth-order valence-corrected chi connectivity index (χ4v) is 1.36. The molecule has 0 spiro atoms. The van der Waals surface area contributed by atoms with E-state index in [1.54, 1.807) is 13.8 Å². The maximum atomic E-state index is 11.7. The van der Waals surface area contributed by atoms with Gasteiger partial charge in [0.1, 0.15) is 5.56 Å². The van der Waals surface area contributed by atoms with E-state index in [2.05, 4.69) is 5.32 Å². The summed E-state index contributed by atoms with van der Waals surface area (Å²) in [6.07, 6.45) is 0. The van der Waals surface area contributed by atoms with Crippen molar-refractivity contribution in [1.29, 1.82) is 0 Å². The molecular weight excluding hydrogens is 232 g/mol. The Morgan fingerprint density at radius 3 is 2.62 bits per heavy atom. The van der Waals surface area contributed by atoms with E-state index in [0.717, 1.165) is 0 Å². The smallest absolute Gasteiger partial charge is 0.282 e. The van der Waals surface area contributed by atoms with Crippen molar-refractivity contribution in [2.45, 2.75) is 19.9 Å². The number of nitro groups is 1. The monoisotopic (exact) mass is 242 g/mol. The summed E-state index contributed by atoms with van der Waals surface area (Å²) in [5.74, 6) is -0.496. The number of nitrogens with zero attached hydrogens (tertiary/aromatic N) is 1. The molecule has 0 heterocycles. The lowest BCUT2D eigenvalue weighted by Gasteiger charge is -2.08. The first-order chi connectivity index (χ1) is 7.41. The molecule has 0 unspecified atom stereocenters. The van der Waals surface area contributed by atoms with Crippen LogP contribution in [-0.2, 0) is 0 Å². The third-order valence-electron chi connectivity index (χ3n) is 1.82. The average Bonchev–Trinajstić information content (AvgIpc) is 2.15. The van der Waals surface area contributed by atoms with Crippen molar-refractivity contribution in [2.24, 2.45) is 0 Å². The van der Waals surface area contributed by atoms with Crippen molar-refractivity contribution in [3.8, 4) is 0 Å². The number of carbonyl (C=O) groups is 1. The van der Waals surface area contributed by atoms with Gasteiger partial charge in [0.05, 0.1) is 4.92 Å². The molecule has 5 nitrogen and oxygen atoms in total. The third-order valence-corrected chi connectivity index (χ3v) is 2.05. The van der Waals surface area contributed by atoms with Crippen LogP contribution in [0.15, 0.2) is 18.2 Å². The van der Waals surface area contributed by atoms with Crippen LogP contribution in [0.1, 0.15) is 24.2 Å². The van der Waals surface area contributed by atoms with Gasteiger partial charge in [0.2, 0.25) is 0 Å². The summed E-state index contributed by atoms with van der Waals surface area (Å²) >= 11 is 5.70. The Kier molecular flexibility index (Phi) is 3.84. The molecule has 1 amide bonds. The average molecular weight is 243 g/mol. The molecule has 1 rings (SSSR count). The van der Waals surface area contributed by atoms with Crippen LogP contribution in [0, 0.1) is 10.1 Å². The fourth-order valence-electron chi connectivity index (χ4n) is 1.19. The molecule has 0 aliphatic heterocycles. The van der Waals surface area contributed by atoms with E-state index < -0.39 is 10.8 Å². The highest BCUT2D eigenvalue weighted by molar-refractivity contribution is 6.31. The number of nitro benzene ring substituents is 1. The van der Waals surface area contributed by atoms with Crippen LogP contribution in [0.3, 0.4) is 0 Å². The predicted molar refractivity (Wildman–Crippen MR) is 60.7 cm³/mol. The van der Waals surface area contributed by atoms with Gasteiger partial charge in [0, 0.05) is 17.1 Å². The van der Waals surface area contributed by atoms with E-state index in [1.807, 2.05) is 0 Å². The van der Waals surface area contributed by atoms with E-state index in [0.29, 0.717) is 5.02 Å². The Hall–Kier alpha value is -1.62. The Labute approximate surface area is 97.6 Å². The number of rotatable bonds is 3. The number of carbonyl (C=O) groups excluding carboxylic acids is 1. The van der Waals surface area contributed by atoms with Gasteiger partial charge in [-0.1, -0.05) is 11.6 Å². The maximum absolute atomic E-state index is 11.7. The van der Waals surface area contributed by atoms with Gasteiger partial charge in [-0.2, -0.15) is 0 Å². The Morgan fingerprint density at radius 1 is 1.50 bits per heavy atom. The number of hydrogen-bond donors (Lipinski definition) is 1. The molecule has 0 saturated heterocycles. The molecule has 0 aliphatic carbocycles. The minimum Gasteiger partial charge on any atom is -0.350 e. The summed E-state index contributed by atoms with van der Waals surface area (Å²) in [6, 6.07) is 3.80. The second-order valence-corrected chi connectivity index (χ2v) is 3.98. The second kappa shape index (κ2) is 4.94. The molecule has 16 heavy (non-hydrogen) atoms. The van der Waals surface area contributed by atoms with Crippen molar-refractivity contribution < 1.29 is 9.72 Å². The van der Waals surface area contributed by atoms with E-state index in [9.17, 15) is 14.9 Å². The van der Waals surface area contributed by atoms with Gasteiger partial charge in [-0.25, -0.2) is 0 Å². The van der Waals surface area contributed by atoms with Crippen molar-refractivity contribution in [2.75, 3.05) is 0 Å². The number of benzene rings is 1. The number of halogens is 1. The SMILES string of the molecule is CC(C)NC(=O)c1cc(Cl)ccc1[N+](=O)[O-]. The molecular formula is C10H11ClN2O3. The molecule has 0 aliphatic rings. The van der Waals surface area contributed by atoms with E-state index in [1.165, 1.54) is 18.2 Å². The predicted octanol–water partition coefficient (Wildman–Crippen LogP) is 2.39. The number of nitrogens with one attached hydrogen (secondary N) is 1. The molecule has 0 saturated carbocycles. The highest BCUT2D eigenvalue weighted by atomic mass is 35.5.